The summed E-state index contributed by atoms with van der Waals surface area (Å²) in [4.78, 5) is 75.3. The van der Waals surface area contributed by atoms with Crippen molar-refractivity contribution in [3.63, 3.8) is 0 Å². The van der Waals surface area contributed by atoms with Crippen molar-refractivity contribution in [2.24, 2.45) is 4.99 Å². The highest BCUT2D eigenvalue weighted by molar-refractivity contribution is 7.15. The molecule has 2 fully saturated rings. The van der Waals surface area contributed by atoms with Crippen molar-refractivity contribution in [3.05, 3.63) is 97.1 Å². The van der Waals surface area contributed by atoms with Crippen LogP contribution in [0.1, 0.15) is 84.8 Å². The van der Waals surface area contributed by atoms with Crippen LogP contribution in [-0.4, -0.2) is 96.9 Å². The lowest BCUT2D eigenvalue weighted by atomic mass is 9.99. The first-order valence-corrected chi connectivity index (χ1v) is 18.5. The number of rotatable bonds is 6. The summed E-state index contributed by atoms with van der Waals surface area (Å²) in [5.74, 6) is -2.51. The Morgan fingerprint density at radius 3 is 2.43 bits per heavy atom. The maximum Gasteiger partial charge on any atom is 0.265 e. The van der Waals surface area contributed by atoms with E-state index in [0.29, 0.717) is 48.4 Å². The average molecular weight is 757 g/mol. The minimum atomic E-state index is -1.18. The second kappa shape index (κ2) is 13.4. The van der Waals surface area contributed by atoms with E-state index >= 15 is 4.39 Å². The highest BCUT2D eigenvalue weighted by atomic mass is 35.5. The molecule has 2 aromatic heterocycles. The SMILES string of the molecule is Cc1sc2c(c1C)C(c1ccc(Cl)cc1)=N[C@@H](CC(=O)N1CCN(Cc3cc(F)c4c(c3)C(=O)N(C3CCC(=O)NC3=O)C4=O)CC1)c1nnc(C)n1-2. The number of carbonyl (C=O) groups excluding carboxylic acids is 5. The minimum absolute atomic E-state index is 0.0151. The predicted octanol–water partition coefficient (Wildman–Crippen LogP) is 4.07. The third-order valence-corrected chi connectivity index (χ3v) is 11.9. The number of benzene rings is 2. The van der Waals surface area contributed by atoms with Crippen molar-refractivity contribution in [2.45, 2.75) is 58.7 Å². The molecule has 272 valence electrons. The molecule has 13 nitrogen and oxygen atoms in total. The van der Waals surface area contributed by atoms with Gasteiger partial charge in [0.15, 0.2) is 5.82 Å². The second-order valence-corrected chi connectivity index (χ2v) is 15.4. The Kier molecular flexibility index (Phi) is 8.82. The van der Waals surface area contributed by atoms with Crippen LogP contribution >= 0.6 is 22.9 Å². The lowest BCUT2D eigenvalue weighted by Gasteiger charge is -2.35. The molecule has 0 radical (unpaired) electrons. The van der Waals surface area contributed by atoms with Crippen LogP contribution in [0.3, 0.4) is 0 Å². The maximum atomic E-state index is 15.4. The van der Waals surface area contributed by atoms with Gasteiger partial charge in [0.2, 0.25) is 17.7 Å². The molecule has 2 atom stereocenters. The molecule has 5 amide bonds. The standard InChI is InChI=1S/C37H34ClFN8O5S/c1-18-19(2)53-37-30(18)32(22-4-6-23(38)7-5-22)40-26(33-43-42-20(3)46(33)37)16-29(49)45-12-10-44(11-13-45)17-21-14-24-31(25(39)15-21)36(52)47(35(24)51)27-8-9-28(48)41-34(27)50/h4-7,14-15,26-27H,8-13,16-17H2,1-3H3,(H,41,48,50)/t26-,27?/m0/s1. The molecule has 4 aliphatic rings. The number of nitrogens with zero attached hydrogens (tertiary/aromatic N) is 7. The van der Waals surface area contributed by atoms with Gasteiger partial charge in [0.25, 0.3) is 11.8 Å². The number of halogens is 2. The molecule has 1 N–H and O–H groups in total. The van der Waals surface area contributed by atoms with Gasteiger partial charge in [0.1, 0.15) is 28.7 Å². The summed E-state index contributed by atoms with van der Waals surface area (Å²) in [6, 6.07) is 8.47. The smallest absolute Gasteiger partial charge is 0.265 e. The van der Waals surface area contributed by atoms with Crippen LogP contribution in [0.5, 0.6) is 0 Å². The topological polar surface area (TPSA) is 150 Å². The zero-order valence-electron chi connectivity index (χ0n) is 29.1. The van der Waals surface area contributed by atoms with E-state index in [1.54, 1.807) is 16.2 Å². The van der Waals surface area contributed by atoms with Crippen LogP contribution in [0.25, 0.3) is 5.00 Å². The van der Waals surface area contributed by atoms with Crippen LogP contribution in [0, 0.1) is 26.6 Å². The van der Waals surface area contributed by atoms with Crippen LogP contribution in [-0.2, 0) is 20.9 Å². The Morgan fingerprint density at radius 1 is 0.981 bits per heavy atom. The van der Waals surface area contributed by atoms with E-state index in [1.165, 1.54) is 12.1 Å². The zero-order valence-corrected chi connectivity index (χ0v) is 30.7. The van der Waals surface area contributed by atoms with Crippen LogP contribution in [0.15, 0.2) is 41.4 Å². The number of piperidine rings is 1. The Bertz CT molecular complexity index is 2280. The van der Waals surface area contributed by atoms with E-state index in [-0.39, 0.29) is 42.8 Å². The summed E-state index contributed by atoms with van der Waals surface area (Å²) in [6.07, 6.45) is 0.0393. The molecule has 16 heteroatoms. The molecular formula is C37H34ClFN8O5S. The fourth-order valence-corrected chi connectivity index (χ4v) is 8.87. The van der Waals surface area contributed by atoms with Gasteiger partial charge in [-0.05, 0) is 62.6 Å². The number of thiophene rings is 1. The quantitative estimate of drug-likeness (QED) is 0.290. The molecule has 53 heavy (non-hydrogen) atoms. The summed E-state index contributed by atoms with van der Waals surface area (Å²) in [5.41, 5.74) is 3.76. The van der Waals surface area contributed by atoms with Crippen LogP contribution in [0.4, 0.5) is 4.39 Å². The summed E-state index contributed by atoms with van der Waals surface area (Å²) in [7, 11) is 0. The first-order chi connectivity index (χ1) is 25.4. The first kappa shape index (κ1) is 34.9. The number of hydrogen-bond donors (Lipinski definition) is 1. The summed E-state index contributed by atoms with van der Waals surface area (Å²) in [6.45, 7) is 8.16. The number of fused-ring (bicyclic) bond motifs is 4. The molecule has 2 saturated heterocycles. The molecule has 0 bridgehead atoms. The maximum absolute atomic E-state index is 15.4. The van der Waals surface area contributed by atoms with E-state index in [0.717, 1.165) is 37.2 Å². The Balaban J connectivity index is 0.977. The van der Waals surface area contributed by atoms with E-state index < -0.39 is 41.5 Å². The number of piperazine rings is 1. The van der Waals surface area contributed by atoms with Gasteiger partial charge >= 0.3 is 0 Å². The number of carbonyl (C=O) groups is 5. The van der Waals surface area contributed by atoms with E-state index in [1.807, 2.05) is 35.8 Å². The molecule has 0 aliphatic carbocycles. The number of aromatic nitrogens is 3. The van der Waals surface area contributed by atoms with Gasteiger partial charge in [-0.3, -0.25) is 48.6 Å². The zero-order chi connectivity index (χ0) is 37.3. The van der Waals surface area contributed by atoms with E-state index in [4.69, 9.17) is 16.6 Å². The summed E-state index contributed by atoms with van der Waals surface area (Å²) in [5, 5.41) is 12.6. The van der Waals surface area contributed by atoms with Crippen LogP contribution in [0.2, 0.25) is 5.02 Å². The number of aryl methyl sites for hydroxylation is 2. The van der Waals surface area contributed by atoms with Gasteiger partial charge in [0.05, 0.1) is 23.3 Å². The predicted molar refractivity (Wildman–Crippen MR) is 193 cm³/mol. The van der Waals surface area contributed by atoms with E-state index in [2.05, 4.69) is 34.3 Å². The van der Waals surface area contributed by atoms with Crippen molar-refractivity contribution in [2.75, 3.05) is 26.2 Å². The van der Waals surface area contributed by atoms with Crippen LogP contribution < -0.4 is 5.32 Å². The van der Waals surface area contributed by atoms with Gasteiger partial charge in [-0.15, -0.1) is 21.5 Å². The minimum Gasteiger partial charge on any atom is -0.340 e. The number of aliphatic imine (C=N–C) groups is 1. The van der Waals surface area contributed by atoms with Crippen molar-refractivity contribution < 1.29 is 28.4 Å². The lowest BCUT2D eigenvalue weighted by Crippen LogP contribution is -2.54. The molecule has 4 aromatic rings. The third kappa shape index (κ3) is 6.05. The van der Waals surface area contributed by atoms with Gasteiger partial charge in [-0.1, -0.05) is 23.7 Å². The normalized spacial score (nSPS) is 20.2. The Morgan fingerprint density at radius 2 is 1.72 bits per heavy atom. The molecule has 8 rings (SSSR count). The van der Waals surface area contributed by atoms with E-state index in [9.17, 15) is 24.0 Å². The van der Waals surface area contributed by atoms with Gasteiger partial charge in [0, 0.05) is 60.2 Å². The van der Waals surface area contributed by atoms with Gasteiger partial charge in [-0.25, -0.2) is 4.39 Å². The van der Waals surface area contributed by atoms with Crippen molar-refractivity contribution in [1.29, 1.82) is 0 Å². The highest BCUT2D eigenvalue weighted by Gasteiger charge is 2.46. The third-order valence-electron chi connectivity index (χ3n) is 10.4. The lowest BCUT2D eigenvalue weighted by molar-refractivity contribution is -0.136. The fourth-order valence-electron chi connectivity index (χ4n) is 7.53. The molecule has 6 heterocycles. The number of imide groups is 2. The van der Waals surface area contributed by atoms with Crippen molar-refractivity contribution in [1.82, 2.24) is 34.8 Å². The van der Waals surface area contributed by atoms with Gasteiger partial charge in [-0.2, -0.15) is 0 Å². The molecule has 1 unspecified atom stereocenters. The molecule has 2 aromatic carbocycles. The molecule has 0 spiro atoms. The molecule has 0 saturated carbocycles. The monoisotopic (exact) mass is 756 g/mol. The average Bonchev–Trinajstić information content (AvgIpc) is 3.70. The Hall–Kier alpha value is -5.12. The first-order valence-electron chi connectivity index (χ1n) is 17.3. The van der Waals surface area contributed by atoms with Crippen molar-refractivity contribution in [3.8, 4) is 5.00 Å². The van der Waals surface area contributed by atoms with Gasteiger partial charge < -0.3 is 4.90 Å². The largest absolute Gasteiger partial charge is 0.340 e. The van der Waals surface area contributed by atoms with Crippen molar-refractivity contribution >= 4 is 58.2 Å². The summed E-state index contributed by atoms with van der Waals surface area (Å²) >= 11 is 7.88. The second-order valence-electron chi connectivity index (χ2n) is 13.7. The molecular weight excluding hydrogens is 723 g/mol. The number of hydrogen-bond acceptors (Lipinski definition) is 10. The fraction of sp³-hybridized carbons (Fsp3) is 0.351. The summed E-state index contributed by atoms with van der Waals surface area (Å²) < 4.78 is 17.4. The highest BCUT2D eigenvalue weighted by Crippen LogP contribution is 2.40. The molecule has 4 aliphatic heterocycles. The Labute approximate surface area is 312 Å². The number of nitrogens with one attached hydrogen (secondary N) is 1. The number of amides is 5.